The van der Waals surface area contributed by atoms with Crippen LogP contribution < -0.4 is 15.2 Å². The zero-order valence-electron chi connectivity index (χ0n) is 15.7. The fourth-order valence-corrected chi connectivity index (χ4v) is 2.67. The van der Waals surface area contributed by atoms with E-state index in [9.17, 15) is 4.79 Å². The molecule has 1 aromatic rings. The summed E-state index contributed by atoms with van der Waals surface area (Å²) in [4.78, 5) is 11.0. The number of rotatable bonds is 12. The van der Waals surface area contributed by atoms with E-state index in [0.717, 1.165) is 18.4 Å². The maximum atomic E-state index is 11.0. The Balaban J connectivity index is 2.82. The molecule has 0 aliphatic carbocycles. The largest absolute Gasteiger partial charge is 0.493 e. The van der Waals surface area contributed by atoms with Crippen LogP contribution in [0.3, 0.4) is 0 Å². The first kappa shape index (κ1) is 21.3. The zero-order valence-corrected chi connectivity index (χ0v) is 15.7. The van der Waals surface area contributed by atoms with Crippen molar-refractivity contribution >= 4 is 5.97 Å². The molecule has 0 fully saturated rings. The van der Waals surface area contributed by atoms with Crippen molar-refractivity contribution < 1.29 is 24.1 Å². The second-order valence-corrected chi connectivity index (χ2v) is 6.57. The Morgan fingerprint density at radius 3 is 2.48 bits per heavy atom. The number of ether oxygens (including phenoxy) is 3. The first-order valence-corrected chi connectivity index (χ1v) is 8.66. The minimum absolute atomic E-state index is 0.181. The molecule has 25 heavy (non-hydrogen) atoms. The van der Waals surface area contributed by atoms with Crippen LogP contribution in [0.15, 0.2) is 18.2 Å². The molecule has 2 atom stereocenters. The van der Waals surface area contributed by atoms with Gasteiger partial charge in [-0.1, -0.05) is 19.9 Å². The third kappa shape index (κ3) is 7.32. The predicted molar refractivity (Wildman–Crippen MR) is 97.2 cm³/mol. The van der Waals surface area contributed by atoms with Crippen LogP contribution in [-0.2, 0) is 16.0 Å². The lowest BCUT2D eigenvalue weighted by Gasteiger charge is -2.23. The van der Waals surface area contributed by atoms with Gasteiger partial charge in [0.15, 0.2) is 11.5 Å². The molecule has 6 heteroatoms. The van der Waals surface area contributed by atoms with Gasteiger partial charge >= 0.3 is 5.97 Å². The Labute approximate surface area is 150 Å². The number of carbonyl (C=O) groups is 1. The van der Waals surface area contributed by atoms with Gasteiger partial charge in [-0.2, -0.15) is 0 Å². The molecular formula is C19H31NO5. The molecule has 0 amide bonds. The lowest BCUT2D eigenvalue weighted by molar-refractivity contribution is -0.139. The van der Waals surface area contributed by atoms with E-state index in [-0.39, 0.29) is 5.92 Å². The van der Waals surface area contributed by atoms with Crippen molar-refractivity contribution in [3.8, 4) is 11.5 Å². The number of hydrogen-bond acceptors (Lipinski definition) is 5. The molecule has 0 heterocycles. The van der Waals surface area contributed by atoms with E-state index >= 15 is 0 Å². The minimum Gasteiger partial charge on any atom is -0.493 e. The van der Waals surface area contributed by atoms with Gasteiger partial charge < -0.3 is 25.1 Å². The van der Waals surface area contributed by atoms with Gasteiger partial charge in [0.1, 0.15) is 6.04 Å². The summed E-state index contributed by atoms with van der Waals surface area (Å²) in [6.45, 7) is 5.37. The standard InChI is InChI=1S/C19H31NO5/c1-13(2)15(12-16(20)19(21)22)10-14-6-7-17(24-4)18(11-14)25-9-5-8-23-3/h6-7,11,13,15-16H,5,8-10,12,20H2,1-4H3,(H,21,22)/t15-,16-/m0/s1. The van der Waals surface area contributed by atoms with Crippen molar-refractivity contribution in [2.45, 2.75) is 39.2 Å². The van der Waals surface area contributed by atoms with Crippen molar-refractivity contribution in [3.05, 3.63) is 23.8 Å². The summed E-state index contributed by atoms with van der Waals surface area (Å²) in [7, 11) is 3.27. The number of carboxylic acids is 1. The predicted octanol–water partition coefficient (Wildman–Crippen LogP) is 2.73. The molecule has 0 aromatic heterocycles. The summed E-state index contributed by atoms with van der Waals surface area (Å²) in [6.07, 6.45) is 1.99. The molecule has 0 aliphatic heterocycles. The Hall–Kier alpha value is -1.79. The summed E-state index contributed by atoms with van der Waals surface area (Å²) < 4.78 is 16.2. The third-order valence-corrected chi connectivity index (χ3v) is 4.29. The average Bonchev–Trinajstić information content (AvgIpc) is 2.58. The van der Waals surface area contributed by atoms with E-state index in [2.05, 4.69) is 13.8 Å². The van der Waals surface area contributed by atoms with E-state index in [1.54, 1.807) is 14.2 Å². The molecule has 0 saturated carbocycles. The number of aliphatic carboxylic acids is 1. The fourth-order valence-electron chi connectivity index (χ4n) is 2.67. The van der Waals surface area contributed by atoms with Crippen molar-refractivity contribution in [1.29, 1.82) is 0 Å². The van der Waals surface area contributed by atoms with E-state index in [0.29, 0.717) is 37.1 Å². The lowest BCUT2D eigenvalue weighted by atomic mass is 9.84. The molecule has 0 spiro atoms. The Morgan fingerprint density at radius 1 is 1.20 bits per heavy atom. The van der Waals surface area contributed by atoms with Crippen molar-refractivity contribution in [2.24, 2.45) is 17.6 Å². The van der Waals surface area contributed by atoms with Crippen molar-refractivity contribution in [2.75, 3.05) is 27.4 Å². The van der Waals surface area contributed by atoms with Gasteiger partial charge in [-0.05, 0) is 42.4 Å². The summed E-state index contributed by atoms with van der Waals surface area (Å²) >= 11 is 0. The number of methoxy groups -OCH3 is 2. The molecule has 1 rings (SSSR count). The summed E-state index contributed by atoms with van der Waals surface area (Å²) in [6, 6.07) is 5.00. The maximum absolute atomic E-state index is 11.0. The van der Waals surface area contributed by atoms with Gasteiger partial charge in [0.2, 0.25) is 0 Å². The van der Waals surface area contributed by atoms with Crippen LogP contribution in [0.2, 0.25) is 0 Å². The summed E-state index contributed by atoms with van der Waals surface area (Å²) in [5, 5.41) is 9.06. The smallest absolute Gasteiger partial charge is 0.320 e. The normalized spacial score (nSPS) is 13.5. The van der Waals surface area contributed by atoms with E-state index in [4.69, 9.17) is 25.1 Å². The maximum Gasteiger partial charge on any atom is 0.320 e. The summed E-state index contributed by atoms with van der Waals surface area (Å²) in [5.74, 6) is 0.938. The molecule has 1 aromatic carbocycles. The van der Waals surface area contributed by atoms with Gasteiger partial charge in [-0.15, -0.1) is 0 Å². The zero-order chi connectivity index (χ0) is 18.8. The number of benzene rings is 1. The first-order valence-electron chi connectivity index (χ1n) is 8.66. The van der Waals surface area contributed by atoms with E-state index < -0.39 is 12.0 Å². The quantitative estimate of drug-likeness (QED) is 0.562. The van der Waals surface area contributed by atoms with Crippen LogP contribution >= 0.6 is 0 Å². The molecule has 0 aliphatic rings. The topological polar surface area (TPSA) is 91.0 Å². The van der Waals surface area contributed by atoms with Crippen LogP contribution in [0, 0.1) is 11.8 Å². The Morgan fingerprint density at radius 2 is 1.92 bits per heavy atom. The molecule has 0 radical (unpaired) electrons. The highest BCUT2D eigenvalue weighted by molar-refractivity contribution is 5.73. The molecule has 142 valence electrons. The lowest BCUT2D eigenvalue weighted by Crippen LogP contribution is -2.34. The highest BCUT2D eigenvalue weighted by Crippen LogP contribution is 2.31. The minimum atomic E-state index is -0.956. The molecule has 6 nitrogen and oxygen atoms in total. The molecule has 0 saturated heterocycles. The van der Waals surface area contributed by atoms with Gasteiger partial charge in [0.05, 0.1) is 13.7 Å². The first-order chi connectivity index (χ1) is 11.9. The van der Waals surface area contributed by atoms with Crippen LogP contribution in [0.25, 0.3) is 0 Å². The fraction of sp³-hybridized carbons (Fsp3) is 0.632. The highest BCUT2D eigenvalue weighted by atomic mass is 16.5. The second kappa shape index (κ2) is 10.9. The molecule has 0 unspecified atom stereocenters. The molecule has 3 N–H and O–H groups in total. The van der Waals surface area contributed by atoms with E-state index in [1.807, 2.05) is 18.2 Å². The SMILES string of the molecule is COCCCOc1cc(C[C@@H](C[C@H](N)C(=O)O)C(C)C)ccc1OC. The summed E-state index contributed by atoms with van der Waals surface area (Å²) in [5.41, 5.74) is 6.80. The molecular weight excluding hydrogens is 322 g/mol. The average molecular weight is 353 g/mol. The van der Waals surface area contributed by atoms with Gasteiger partial charge in [0, 0.05) is 20.1 Å². The number of carboxylic acid groups (broad SMARTS) is 1. The van der Waals surface area contributed by atoms with Gasteiger partial charge in [-0.25, -0.2) is 0 Å². The van der Waals surface area contributed by atoms with E-state index in [1.165, 1.54) is 0 Å². The number of nitrogens with two attached hydrogens (primary N) is 1. The monoisotopic (exact) mass is 353 g/mol. The third-order valence-electron chi connectivity index (χ3n) is 4.29. The van der Waals surface area contributed by atoms with Crippen LogP contribution in [0.1, 0.15) is 32.3 Å². The van der Waals surface area contributed by atoms with Gasteiger partial charge in [0.25, 0.3) is 0 Å². The Kier molecular flexibility index (Phi) is 9.31. The highest BCUT2D eigenvalue weighted by Gasteiger charge is 2.22. The van der Waals surface area contributed by atoms with Crippen molar-refractivity contribution in [1.82, 2.24) is 0 Å². The van der Waals surface area contributed by atoms with Crippen molar-refractivity contribution in [3.63, 3.8) is 0 Å². The van der Waals surface area contributed by atoms with Crippen LogP contribution in [0.5, 0.6) is 11.5 Å². The molecule has 0 bridgehead atoms. The number of hydrogen-bond donors (Lipinski definition) is 2. The second-order valence-electron chi connectivity index (χ2n) is 6.57. The Bertz CT molecular complexity index is 533. The van der Waals surface area contributed by atoms with Crippen LogP contribution in [-0.4, -0.2) is 44.6 Å². The van der Waals surface area contributed by atoms with Gasteiger partial charge in [-0.3, -0.25) is 4.79 Å². The van der Waals surface area contributed by atoms with Crippen LogP contribution in [0.4, 0.5) is 0 Å².